The molecule has 0 heterocycles. The van der Waals surface area contributed by atoms with Gasteiger partial charge in [0.05, 0.1) is 18.8 Å². The molecule has 0 fully saturated rings. The third kappa shape index (κ3) is 38.7. The Labute approximate surface area is 141 Å². The summed E-state index contributed by atoms with van der Waals surface area (Å²) in [5.41, 5.74) is -0.392. The molecule has 23 heavy (non-hydrogen) atoms. The Morgan fingerprint density at radius 2 is 1.78 bits per heavy atom. The smallest absolute Gasteiger partial charge is 0.303 e. The van der Waals surface area contributed by atoms with E-state index < -0.39 is 11.6 Å². The van der Waals surface area contributed by atoms with Crippen LogP contribution < -0.4 is 5.32 Å². The first kappa shape index (κ1) is 26.9. The summed E-state index contributed by atoms with van der Waals surface area (Å²) in [5, 5.41) is 19.8. The Balaban J connectivity index is -0.000000284. The number of carboxylic acids is 1. The fourth-order valence-corrected chi connectivity index (χ4v) is 0.979. The van der Waals surface area contributed by atoms with Crippen molar-refractivity contribution in [2.75, 3.05) is 26.8 Å². The quantitative estimate of drug-likeness (QED) is 0.419. The van der Waals surface area contributed by atoms with Gasteiger partial charge in [0.2, 0.25) is 0 Å². The van der Waals surface area contributed by atoms with Gasteiger partial charge in [-0.05, 0) is 39.7 Å². The average Bonchev–Trinajstić information content (AvgIpc) is 2.44. The summed E-state index contributed by atoms with van der Waals surface area (Å²) in [6, 6.07) is 0. The van der Waals surface area contributed by atoms with Crippen LogP contribution in [0.25, 0.3) is 0 Å². The molecule has 0 saturated heterocycles. The van der Waals surface area contributed by atoms with Gasteiger partial charge in [-0.25, -0.2) is 0 Å². The van der Waals surface area contributed by atoms with Gasteiger partial charge in [-0.2, -0.15) is 0 Å². The molecule has 0 aliphatic carbocycles. The van der Waals surface area contributed by atoms with Crippen LogP contribution in [0.1, 0.15) is 60.3 Å². The highest BCUT2D eigenvalue weighted by atomic mass is 16.5. The van der Waals surface area contributed by atoms with Crippen LogP contribution in [0, 0.1) is 5.92 Å². The van der Waals surface area contributed by atoms with E-state index in [4.69, 9.17) is 14.9 Å². The Hall–Kier alpha value is -0.980. The predicted molar refractivity (Wildman–Crippen MR) is 93.7 cm³/mol. The van der Waals surface area contributed by atoms with Crippen molar-refractivity contribution in [3.05, 3.63) is 0 Å². The lowest BCUT2D eigenvalue weighted by atomic mass is 10.1. The van der Waals surface area contributed by atoms with Gasteiger partial charge in [-0.15, -0.1) is 0 Å². The summed E-state index contributed by atoms with van der Waals surface area (Å²) in [6.07, 6.45) is 2.76. The van der Waals surface area contributed by atoms with E-state index in [1.54, 1.807) is 0 Å². The molecule has 6 nitrogen and oxygen atoms in total. The second-order valence-electron chi connectivity index (χ2n) is 6.41. The molecule has 140 valence electrons. The third-order valence-corrected chi connectivity index (χ3v) is 2.19. The number of rotatable bonds is 10. The van der Waals surface area contributed by atoms with Crippen LogP contribution >= 0.6 is 0 Å². The summed E-state index contributed by atoms with van der Waals surface area (Å²) in [4.78, 5) is 19.6. The molecule has 3 N–H and O–H groups in total. The normalized spacial score (nSPS) is 10.3. The second kappa shape index (κ2) is 19.1. The molecule has 0 aromatic heterocycles. The van der Waals surface area contributed by atoms with Gasteiger partial charge in [0.15, 0.2) is 0 Å². The number of carbonyl (C=O) groups is 2. The molecule has 0 atom stereocenters. The molecular weight excluding hydrogens is 298 g/mol. The Morgan fingerprint density at radius 3 is 2.13 bits per heavy atom. The standard InChI is InChI=1S/C7H17NO2.C6H10O3.C4H10/c1-7(2,6-9)10-5-4-8-3;7-5-3-1-2-4-6(8)9;1-4(2)3/h8-9H,4-6H2,1-3H3;5H,1-4H2,(H,8,9);4H,1-3H3. The van der Waals surface area contributed by atoms with Crippen LogP contribution in [0.3, 0.4) is 0 Å². The zero-order chi connectivity index (χ0) is 18.7. The van der Waals surface area contributed by atoms with Crippen LogP contribution in [0.15, 0.2) is 0 Å². The van der Waals surface area contributed by atoms with Crippen molar-refractivity contribution < 1.29 is 24.5 Å². The number of nitrogens with one attached hydrogen (secondary N) is 1. The molecule has 0 aromatic carbocycles. The Bertz CT molecular complexity index is 265. The van der Waals surface area contributed by atoms with E-state index in [0.717, 1.165) is 18.7 Å². The Kier molecular flexibility index (Phi) is 22.3. The van der Waals surface area contributed by atoms with E-state index >= 15 is 0 Å². The van der Waals surface area contributed by atoms with Crippen molar-refractivity contribution in [2.45, 2.75) is 65.9 Å². The van der Waals surface area contributed by atoms with Crippen molar-refractivity contribution >= 4 is 12.3 Å². The van der Waals surface area contributed by atoms with Crippen LogP contribution in [0.2, 0.25) is 0 Å². The van der Waals surface area contributed by atoms with Crippen LogP contribution in [-0.2, 0) is 14.3 Å². The van der Waals surface area contributed by atoms with Gasteiger partial charge in [0.1, 0.15) is 6.29 Å². The second-order valence-corrected chi connectivity index (χ2v) is 6.41. The highest BCUT2D eigenvalue weighted by Gasteiger charge is 2.15. The van der Waals surface area contributed by atoms with Crippen molar-refractivity contribution in [3.63, 3.8) is 0 Å². The molecule has 0 amide bonds. The number of likely N-dealkylation sites (N-methyl/N-ethyl adjacent to an activating group) is 1. The number of aliphatic carboxylic acids is 1. The first-order valence-corrected chi connectivity index (χ1v) is 8.17. The largest absolute Gasteiger partial charge is 0.481 e. The molecule has 0 bridgehead atoms. The fourth-order valence-electron chi connectivity index (χ4n) is 0.979. The lowest BCUT2D eigenvalue weighted by Crippen LogP contribution is -2.31. The van der Waals surface area contributed by atoms with Gasteiger partial charge in [0, 0.05) is 19.4 Å². The van der Waals surface area contributed by atoms with Crippen molar-refractivity contribution in [2.24, 2.45) is 5.92 Å². The number of carboxylic acid groups (broad SMARTS) is 1. The van der Waals surface area contributed by atoms with Gasteiger partial charge < -0.3 is 25.1 Å². The minimum Gasteiger partial charge on any atom is -0.481 e. The monoisotopic (exact) mass is 335 g/mol. The number of unbranched alkanes of at least 4 members (excludes halogenated alkanes) is 2. The molecule has 0 radical (unpaired) electrons. The van der Waals surface area contributed by atoms with Crippen LogP contribution in [-0.4, -0.2) is 54.9 Å². The highest BCUT2D eigenvalue weighted by Crippen LogP contribution is 2.05. The maximum absolute atomic E-state index is 9.87. The van der Waals surface area contributed by atoms with Crippen molar-refractivity contribution in [1.29, 1.82) is 0 Å². The summed E-state index contributed by atoms with van der Waals surface area (Å²) >= 11 is 0. The number of ether oxygens (including phenoxy) is 1. The molecule has 6 heteroatoms. The van der Waals surface area contributed by atoms with E-state index in [1.807, 2.05) is 20.9 Å². The molecule has 0 aliphatic rings. The zero-order valence-corrected chi connectivity index (χ0v) is 15.7. The molecule has 0 saturated carbocycles. The molecular formula is C17H37NO5. The van der Waals surface area contributed by atoms with Gasteiger partial charge in [-0.3, -0.25) is 4.79 Å². The van der Waals surface area contributed by atoms with Crippen LogP contribution in [0.4, 0.5) is 0 Å². The maximum atomic E-state index is 9.87. The minimum absolute atomic E-state index is 0.0662. The molecule has 0 spiro atoms. The van der Waals surface area contributed by atoms with E-state index in [-0.39, 0.29) is 13.0 Å². The van der Waals surface area contributed by atoms with E-state index in [1.165, 1.54) is 0 Å². The fraction of sp³-hybridized carbons (Fsp3) is 0.882. The topological polar surface area (TPSA) is 95.9 Å². The number of aldehydes is 1. The Morgan fingerprint density at radius 1 is 1.26 bits per heavy atom. The predicted octanol–water partition coefficient (Wildman–Crippen LogP) is 2.49. The number of hydrogen-bond acceptors (Lipinski definition) is 5. The number of aliphatic hydroxyl groups is 1. The average molecular weight is 335 g/mol. The molecule has 0 aliphatic heterocycles. The van der Waals surface area contributed by atoms with Crippen molar-refractivity contribution in [1.82, 2.24) is 5.32 Å². The third-order valence-electron chi connectivity index (χ3n) is 2.19. The van der Waals surface area contributed by atoms with Gasteiger partial charge in [-0.1, -0.05) is 20.8 Å². The number of hydrogen-bond donors (Lipinski definition) is 3. The summed E-state index contributed by atoms with van der Waals surface area (Å²) < 4.78 is 5.31. The van der Waals surface area contributed by atoms with Crippen molar-refractivity contribution in [3.8, 4) is 0 Å². The minimum atomic E-state index is -0.791. The first-order valence-electron chi connectivity index (χ1n) is 8.17. The number of aliphatic hydroxyl groups excluding tert-OH is 1. The molecule has 0 aromatic rings. The molecule has 0 rings (SSSR count). The lowest BCUT2D eigenvalue weighted by Gasteiger charge is -2.22. The summed E-state index contributed by atoms with van der Waals surface area (Å²) in [7, 11) is 1.87. The zero-order valence-electron chi connectivity index (χ0n) is 15.7. The van der Waals surface area contributed by atoms with E-state index in [2.05, 4.69) is 26.1 Å². The summed E-state index contributed by atoms with van der Waals surface area (Å²) in [5.74, 6) is 0.0425. The van der Waals surface area contributed by atoms with Gasteiger partial charge >= 0.3 is 5.97 Å². The number of carbonyl (C=O) groups excluding carboxylic acids is 1. The highest BCUT2D eigenvalue weighted by molar-refractivity contribution is 5.66. The van der Waals surface area contributed by atoms with Gasteiger partial charge in [0.25, 0.3) is 0 Å². The first-order chi connectivity index (χ1) is 10.6. The van der Waals surface area contributed by atoms with E-state index in [0.29, 0.717) is 25.9 Å². The molecule has 0 unspecified atom stereocenters. The SMILES string of the molecule is CC(C)C.CNCCOC(C)(C)CO.O=CCCCCC(=O)O. The summed E-state index contributed by atoms with van der Waals surface area (Å²) in [6.45, 7) is 11.8. The van der Waals surface area contributed by atoms with Crippen LogP contribution in [0.5, 0.6) is 0 Å². The maximum Gasteiger partial charge on any atom is 0.303 e. The van der Waals surface area contributed by atoms with E-state index in [9.17, 15) is 9.59 Å². The lowest BCUT2D eigenvalue weighted by molar-refractivity contribution is -0.137.